The number of hydrogen-bond donors (Lipinski definition) is 1. The highest BCUT2D eigenvalue weighted by Gasteiger charge is 2.15. The van der Waals surface area contributed by atoms with Gasteiger partial charge in [-0.1, -0.05) is 36.3 Å². The third kappa shape index (κ3) is 4.89. The van der Waals surface area contributed by atoms with Gasteiger partial charge in [-0.25, -0.2) is 0 Å². The van der Waals surface area contributed by atoms with Crippen LogP contribution in [0.5, 0.6) is 17.2 Å². The lowest BCUT2D eigenvalue weighted by Gasteiger charge is -2.14. The minimum atomic E-state index is -0.198. The predicted octanol–water partition coefficient (Wildman–Crippen LogP) is 3.90. The molecule has 1 aromatic heterocycles. The third-order valence-electron chi connectivity index (χ3n) is 4.60. The summed E-state index contributed by atoms with van der Waals surface area (Å²) in [7, 11) is 4.56. The van der Waals surface area contributed by atoms with E-state index < -0.39 is 0 Å². The molecule has 0 saturated carbocycles. The number of methoxy groups -OCH3 is 3. The summed E-state index contributed by atoms with van der Waals surface area (Å²) in [4.78, 5) is 16.8. The van der Waals surface area contributed by atoms with Gasteiger partial charge in [0.15, 0.2) is 11.5 Å². The van der Waals surface area contributed by atoms with Gasteiger partial charge in [-0.05, 0) is 12.0 Å². The van der Waals surface area contributed by atoms with E-state index in [2.05, 4.69) is 22.4 Å². The van der Waals surface area contributed by atoms with Crippen LogP contribution in [0.2, 0.25) is 0 Å². The molecule has 1 amide bonds. The van der Waals surface area contributed by atoms with Crippen LogP contribution in [0.15, 0.2) is 40.9 Å². The van der Waals surface area contributed by atoms with Crippen molar-refractivity contribution in [1.29, 1.82) is 0 Å². The number of aromatic nitrogens is 2. The summed E-state index contributed by atoms with van der Waals surface area (Å²) in [6.45, 7) is 2.10. The fourth-order valence-corrected chi connectivity index (χ4v) is 2.96. The summed E-state index contributed by atoms with van der Waals surface area (Å²) in [5.74, 6) is 2.10. The standard InChI is InChI=1S/C22H25N3O5/c1-5-14-6-8-15(9-7-14)22-24-20(30-25-22)11-10-19(26)23-16-12-17(27-2)21(29-4)18(13-16)28-3/h6-9,12-13H,5,10-11H2,1-4H3,(H,23,26). The summed E-state index contributed by atoms with van der Waals surface area (Å²) in [6, 6.07) is 11.3. The molecule has 0 unspecified atom stereocenters. The molecular formula is C22H25N3O5. The monoisotopic (exact) mass is 411 g/mol. The van der Waals surface area contributed by atoms with Crippen molar-refractivity contribution in [3.05, 3.63) is 47.9 Å². The molecule has 8 nitrogen and oxygen atoms in total. The van der Waals surface area contributed by atoms with Gasteiger partial charge < -0.3 is 24.1 Å². The number of anilines is 1. The number of rotatable bonds is 9. The zero-order chi connectivity index (χ0) is 21.5. The molecule has 1 N–H and O–H groups in total. The first-order chi connectivity index (χ1) is 14.6. The second-order valence-electron chi connectivity index (χ2n) is 6.52. The number of aryl methyl sites for hydroxylation is 2. The smallest absolute Gasteiger partial charge is 0.227 e. The number of nitrogens with zero attached hydrogens (tertiary/aromatic N) is 2. The predicted molar refractivity (Wildman–Crippen MR) is 112 cm³/mol. The third-order valence-corrected chi connectivity index (χ3v) is 4.60. The van der Waals surface area contributed by atoms with Crippen molar-refractivity contribution in [1.82, 2.24) is 10.1 Å². The Bertz CT molecular complexity index is 973. The van der Waals surface area contributed by atoms with Crippen LogP contribution in [0.3, 0.4) is 0 Å². The molecule has 0 saturated heterocycles. The fraction of sp³-hybridized carbons (Fsp3) is 0.318. The van der Waals surface area contributed by atoms with Crippen molar-refractivity contribution >= 4 is 11.6 Å². The first-order valence-electron chi connectivity index (χ1n) is 9.59. The van der Waals surface area contributed by atoms with Crippen molar-refractivity contribution in [3.8, 4) is 28.6 Å². The lowest BCUT2D eigenvalue weighted by Crippen LogP contribution is -2.12. The molecule has 0 bridgehead atoms. The zero-order valence-electron chi connectivity index (χ0n) is 17.5. The molecule has 0 spiro atoms. The summed E-state index contributed by atoms with van der Waals surface area (Å²) < 4.78 is 21.2. The van der Waals surface area contributed by atoms with E-state index in [-0.39, 0.29) is 12.3 Å². The van der Waals surface area contributed by atoms with Gasteiger partial charge in [0.2, 0.25) is 23.4 Å². The van der Waals surface area contributed by atoms with Crippen LogP contribution >= 0.6 is 0 Å². The van der Waals surface area contributed by atoms with Gasteiger partial charge in [-0.3, -0.25) is 4.79 Å². The van der Waals surface area contributed by atoms with Crippen LogP contribution in [-0.4, -0.2) is 37.4 Å². The summed E-state index contributed by atoms with van der Waals surface area (Å²) in [5, 5.41) is 6.82. The van der Waals surface area contributed by atoms with Gasteiger partial charge in [0, 0.05) is 36.2 Å². The van der Waals surface area contributed by atoms with E-state index in [4.69, 9.17) is 18.7 Å². The maximum atomic E-state index is 12.4. The quantitative estimate of drug-likeness (QED) is 0.570. The van der Waals surface area contributed by atoms with Crippen LogP contribution in [0.4, 0.5) is 5.69 Å². The van der Waals surface area contributed by atoms with E-state index in [1.807, 2.05) is 24.3 Å². The molecule has 0 aliphatic carbocycles. The van der Waals surface area contributed by atoms with Gasteiger partial charge in [-0.15, -0.1) is 0 Å². The molecule has 0 radical (unpaired) electrons. The first-order valence-corrected chi connectivity index (χ1v) is 9.59. The molecule has 30 heavy (non-hydrogen) atoms. The number of carbonyl (C=O) groups excluding carboxylic acids is 1. The van der Waals surface area contributed by atoms with Crippen molar-refractivity contribution < 1.29 is 23.5 Å². The number of amides is 1. The summed E-state index contributed by atoms with van der Waals surface area (Å²) in [5.41, 5.74) is 2.66. The number of nitrogens with one attached hydrogen (secondary N) is 1. The number of carbonyl (C=O) groups is 1. The lowest BCUT2D eigenvalue weighted by atomic mass is 10.1. The normalized spacial score (nSPS) is 10.5. The van der Waals surface area contributed by atoms with E-state index in [1.54, 1.807) is 12.1 Å². The number of hydrogen-bond acceptors (Lipinski definition) is 7. The maximum absolute atomic E-state index is 12.4. The molecule has 1 heterocycles. The van der Waals surface area contributed by atoms with Crippen LogP contribution < -0.4 is 19.5 Å². The molecule has 3 aromatic rings. The Balaban J connectivity index is 1.62. The highest BCUT2D eigenvalue weighted by molar-refractivity contribution is 5.91. The molecular weight excluding hydrogens is 386 g/mol. The Morgan fingerprint density at radius 2 is 1.70 bits per heavy atom. The van der Waals surface area contributed by atoms with Gasteiger partial charge >= 0.3 is 0 Å². The van der Waals surface area contributed by atoms with Crippen molar-refractivity contribution in [2.45, 2.75) is 26.2 Å². The molecule has 0 aliphatic rings. The van der Waals surface area contributed by atoms with Crippen LogP contribution in [0.25, 0.3) is 11.4 Å². The number of ether oxygens (including phenoxy) is 3. The van der Waals surface area contributed by atoms with E-state index >= 15 is 0 Å². The minimum absolute atomic E-state index is 0.188. The van der Waals surface area contributed by atoms with E-state index in [9.17, 15) is 4.79 Å². The molecule has 0 aliphatic heterocycles. The Labute approximate surface area is 175 Å². The molecule has 0 fully saturated rings. The summed E-state index contributed by atoms with van der Waals surface area (Å²) in [6.07, 6.45) is 1.49. The number of benzene rings is 2. The lowest BCUT2D eigenvalue weighted by molar-refractivity contribution is -0.116. The largest absolute Gasteiger partial charge is 0.493 e. The van der Waals surface area contributed by atoms with Crippen molar-refractivity contribution in [2.24, 2.45) is 0 Å². The maximum Gasteiger partial charge on any atom is 0.227 e. The summed E-state index contributed by atoms with van der Waals surface area (Å²) >= 11 is 0. The van der Waals surface area contributed by atoms with E-state index in [1.165, 1.54) is 26.9 Å². The highest BCUT2D eigenvalue weighted by atomic mass is 16.5. The minimum Gasteiger partial charge on any atom is -0.493 e. The van der Waals surface area contributed by atoms with Crippen molar-refractivity contribution in [3.63, 3.8) is 0 Å². The van der Waals surface area contributed by atoms with E-state index in [0.717, 1.165) is 12.0 Å². The van der Waals surface area contributed by atoms with Gasteiger partial charge in [0.25, 0.3) is 0 Å². The molecule has 8 heteroatoms. The first kappa shape index (κ1) is 21.2. The molecule has 3 rings (SSSR count). The average Bonchev–Trinajstić information content (AvgIpc) is 3.26. The zero-order valence-corrected chi connectivity index (χ0v) is 17.5. The highest BCUT2D eigenvalue weighted by Crippen LogP contribution is 2.39. The van der Waals surface area contributed by atoms with E-state index in [0.29, 0.717) is 41.1 Å². The Morgan fingerprint density at radius 1 is 1.03 bits per heavy atom. The Hall–Kier alpha value is -3.55. The molecule has 0 atom stereocenters. The van der Waals surface area contributed by atoms with Crippen LogP contribution in [0.1, 0.15) is 24.8 Å². The Morgan fingerprint density at radius 3 is 2.27 bits per heavy atom. The molecule has 158 valence electrons. The van der Waals surface area contributed by atoms with Gasteiger partial charge in [0.1, 0.15) is 0 Å². The Kier molecular flexibility index (Phi) is 6.90. The van der Waals surface area contributed by atoms with Gasteiger partial charge in [0.05, 0.1) is 21.3 Å². The average molecular weight is 411 g/mol. The fourth-order valence-electron chi connectivity index (χ4n) is 2.96. The van der Waals surface area contributed by atoms with Crippen LogP contribution in [-0.2, 0) is 17.6 Å². The van der Waals surface area contributed by atoms with Gasteiger partial charge in [-0.2, -0.15) is 4.98 Å². The SMILES string of the molecule is CCc1ccc(-c2noc(CCC(=O)Nc3cc(OC)c(OC)c(OC)c3)n2)cc1. The van der Waals surface area contributed by atoms with Crippen LogP contribution in [0, 0.1) is 0 Å². The second-order valence-corrected chi connectivity index (χ2v) is 6.52. The molecule has 2 aromatic carbocycles. The second kappa shape index (κ2) is 9.78. The van der Waals surface area contributed by atoms with Crippen molar-refractivity contribution in [2.75, 3.05) is 26.6 Å². The topological polar surface area (TPSA) is 95.7 Å².